The number of hydrogen-bond donors (Lipinski definition) is 11. The van der Waals surface area contributed by atoms with E-state index in [2.05, 4.69) is 45.1 Å². The average Bonchev–Trinajstić information content (AvgIpc) is 0.772. The van der Waals surface area contributed by atoms with Crippen molar-refractivity contribution in [3.05, 3.63) is 24.3 Å². The lowest BCUT2D eigenvalue weighted by molar-refractivity contribution is -0.360. The summed E-state index contributed by atoms with van der Waals surface area (Å²) in [4.78, 5) is 50.9. The molecule has 2 saturated heterocycles. The van der Waals surface area contributed by atoms with E-state index in [9.17, 15) is 74.9 Å². The summed E-state index contributed by atoms with van der Waals surface area (Å²) in [5.74, 6) is -2.01. The lowest BCUT2D eigenvalue weighted by Gasteiger charge is -2.49. The van der Waals surface area contributed by atoms with Crippen LogP contribution in [0.5, 0.6) is 0 Å². The van der Waals surface area contributed by atoms with Crippen LogP contribution in [-0.4, -0.2) is 204 Å². The van der Waals surface area contributed by atoms with Gasteiger partial charge in [0.05, 0.1) is 13.2 Å². The Morgan fingerprint density at radius 2 is 0.722 bits per heavy atom. The number of unbranched alkanes of at least 4 members (excludes halogenated alkanes) is 33. The molecule has 0 radical (unpaired) electrons. The highest BCUT2D eigenvalue weighted by atomic mass is 31.2. The van der Waals surface area contributed by atoms with E-state index in [1.54, 1.807) is 0 Å². The molecule has 0 amide bonds. The molecule has 18 unspecified atom stereocenters. The first-order valence-corrected chi connectivity index (χ1v) is 39.1. The van der Waals surface area contributed by atoms with Gasteiger partial charge in [-0.05, 0) is 70.6 Å². The second-order valence-corrected chi connectivity index (χ2v) is 28.4. The lowest BCUT2D eigenvalue weighted by atomic mass is 9.84. The highest BCUT2D eigenvalue weighted by molar-refractivity contribution is 7.47. The first-order chi connectivity index (χ1) is 46.8. The topological polar surface area (TPSA) is 374 Å². The molecular formula is C72H131O24P. The van der Waals surface area contributed by atoms with Crippen molar-refractivity contribution in [3.8, 4) is 0 Å². The molecular weight excluding hydrogens is 1280 g/mol. The van der Waals surface area contributed by atoms with Gasteiger partial charge in [-0.3, -0.25) is 23.4 Å². The third-order valence-electron chi connectivity index (χ3n) is 18.5. The summed E-state index contributed by atoms with van der Waals surface area (Å²) in [6.45, 7) is 3.41. The Bertz CT molecular complexity index is 2110. The Hall–Kier alpha value is -2.56. The van der Waals surface area contributed by atoms with Gasteiger partial charge in [-0.25, -0.2) is 4.57 Å². The van der Waals surface area contributed by atoms with E-state index < -0.39 is 156 Å². The zero-order chi connectivity index (χ0) is 71.1. The molecule has 1 aliphatic carbocycles. The van der Waals surface area contributed by atoms with Crippen LogP contribution in [0.25, 0.3) is 0 Å². The van der Waals surface area contributed by atoms with Crippen molar-refractivity contribution >= 4 is 25.7 Å². The van der Waals surface area contributed by atoms with Gasteiger partial charge in [-0.15, -0.1) is 0 Å². The van der Waals surface area contributed by atoms with Crippen molar-refractivity contribution in [1.29, 1.82) is 0 Å². The summed E-state index contributed by atoms with van der Waals surface area (Å²) in [6.07, 6.45) is 13.9. The number of aliphatic hydroxyl groups is 10. The summed E-state index contributed by atoms with van der Waals surface area (Å²) in [5, 5.41) is 110. The van der Waals surface area contributed by atoms with Gasteiger partial charge in [0.2, 0.25) is 0 Å². The van der Waals surface area contributed by atoms with Gasteiger partial charge in [-0.2, -0.15) is 0 Å². The third-order valence-corrected chi connectivity index (χ3v) is 19.4. The number of phosphoric ester groups is 1. The molecule has 2 aliphatic heterocycles. The molecule has 3 fully saturated rings. The molecule has 18 atom stereocenters. The lowest BCUT2D eigenvalue weighted by Crippen LogP contribution is -2.69. The summed E-state index contributed by atoms with van der Waals surface area (Å²) in [7, 11) is -5.70. The van der Waals surface area contributed by atoms with Gasteiger partial charge in [-0.1, -0.05) is 218 Å². The fourth-order valence-corrected chi connectivity index (χ4v) is 13.2. The number of carbonyl (C=O) groups is 3. The molecule has 0 aromatic rings. The highest BCUT2D eigenvalue weighted by Gasteiger charge is 2.58. The van der Waals surface area contributed by atoms with Crippen molar-refractivity contribution in [2.45, 2.75) is 388 Å². The van der Waals surface area contributed by atoms with Gasteiger partial charge in [0.25, 0.3) is 0 Å². The summed E-state index contributed by atoms with van der Waals surface area (Å²) < 4.78 is 65.0. The highest BCUT2D eigenvalue weighted by Crippen LogP contribution is 2.49. The predicted molar refractivity (Wildman–Crippen MR) is 365 cm³/mol. The fraction of sp³-hybridized carbons (Fsp3) is 0.903. The minimum absolute atomic E-state index is 0.0231. The quantitative estimate of drug-likeness (QED) is 0.00886. The number of esters is 3. The summed E-state index contributed by atoms with van der Waals surface area (Å²) in [5.41, 5.74) is 0. The first-order valence-electron chi connectivity index (χ1n) is 37.6. The fourth-order valence-electron chi connectivity index (χ4n) is 12.3. The number of ether oxygens (including phenoxy) is 7. The van der Waals surface area contributed by atoms with Crippen molar-refractivity contribution in [2.24, 2.45) is 0 Å². The SMILES string of the molecule is CCCCCC/C=C\CCCCCCCCCC(=O)OCC1OC(OC2C(O)C(O)C(O)C(OC3OC(CO)C(O)C(O)C3O)C2OP(=O)(O)OCC(COC(=O)CCCCC/C=C\CCCCCCCC)OC(=O)CCCCCCCCCCCCCCCC)C(O)C(O)C1O. The smallest absolute Gasteiger partial charge is 0.463 e. The number of phosphoric acid groups is 1. The summed E-state index contributed by atoms with van der Waals surface area (Å²) in [6, 6.07) is 0. The monoisotopic (exact) mass is 1410 g/mol. The predicted octanol–water partition coefficient (Wildman–Crippen LogP) is 10.1. The summed E-state index contributed by atoms with van der Waals surface area (Å²) >= 11 is 0. The maximum atomic E-state index is 14.3. The Balaban J connectivity index is 1.74. The minimum Gasteiger partial charge on any atom is -0.463 e. The molecule has 24 nitrogen and oxygen atoms in total. The van der Waals surface area contributed by atoms with E-state index in [1.807, 2.05) is 0 Å². The van der Waals surface area contributed by atoms with Crippen LogP contribution in [0.1, 0.15) is 284 Å². The van der Waals surface area contributed by atoms with Crippen molar-refractivity contribution in [3.63, 3.8) is 0 Å². The normalized spacial score (nSPS) is 27.9. The van der Waals surface area contributed by atoms with Crippen LogP contribution in [-0.2, 0) is 61.2 Å². The van der Waals surface area contributed by atoms with E-state index in [0.717, 1.165) is 116 Å². The molecule has 0 aromatic heterocycles. The van der Waals surface area contributed by atoms with Crippen LogP contribution in [0.15, 0.2) is 24.3 Å². The number of hydrogen-bond acceptors (Lipinski definition) is 23. The molecule has 0 aromatic carbocycles. The molecule has 0 bridgehead atoms. The largest absolute Gasteiger partial charge is 0.472 e. The molecule has 3 aliphatic rings. The molecule has 568 valence electrons. The van der Waals surface area contributed by atoms with E-state index in [4.69, 9.17) is 42.2 Å². The van der Waals surface area contributed by atoms with Crippen LogP contribution < -0.4 is 0 Å². The van der Waals surface area contributed by atoms with Crippen LogP contribution in [0.2, 0.25) is 0 Å². The van der Waals surface area contributed by atoms with E-state index in [1.165, 1.54) is 109 Å². The average molecular weight is 1410 g/mol. The minimum atomic E-state index is -5.70. The Morgan fingerprint density at radius 1 is 0.392 bits per heavy atom. The van der Waals surface area contributed by atoms with Gasteiger partial charge >= 0.3 is 25.7 Å². The van der Waals surface area contributed by atoms with Crippen molar-refractivity contribution < 1.29 is 117 Å². The standard InChI is InChI=1S/C72H131O24P/c1-4-7-10-13-16-19-22-25-27-30-32-35-38-41-44-47-57(75)89-52-55-60(78)62(80)67(85)72(93-55)95-69-65(83)63(81)64(82)68(94-71-66(84)61(79)59(77)54(49-73)92-71)70(69)96-97(86,87)90-51-53(50-88-56(74)46-43-40-37-34-31-28-24-21-18-15-12-9-6-3)91-58(76)48-45-42-39-36-33-29-26-23-20-17-14-11-8-5-2/h19,22,28,31,53-55,59-73,77-85H,4-18,20-21,23-27,29-30,32-52H2,1-3H3,(H,86,87)/b22-19-,31-28-. The van der Waals surface area contributed by atoms with Crippen LogP contribution in [0, 0.1) is 0 Å². The zero-order valence-corrected chi connectivity index (χ0v) is 60.0. The van der Waals surface area contributed by atoms with E-state index >= 15 is 0 Å². The maximum absolute atomic E-state index is 14.3. The molecule has 97 heavy (non-hydrogen) atoms. The van der Waals surface area contributed by atoms with Gasteiger partial charge in [0, 0.05) is 19.3 Å². The van der Waals surface area contributed by atoms with Gasteiger partial charge in [0.15, 0.2) is 18.7 Å². The van der Waals surface area contributed by atoms with Crippen molar-refractivity contribution in [2.75, 3.05) is 26.4 Å². The third kappa shape index (κ3) is 37.4. The number of aliphatic hydroxyl groups excluding tert-OH is 10. The van der Waals surface area contributed by atoms with E-state index in [0.29, 0.717) is 19.3 Å². The molecule has 0 spiro atoms. The Kier molecular flexibility index (Phi) is 49.5. The van der Waals surface area contributed by atoms with Crippen molar-refractivity contribution in [1.82, 2.24) is 0 Å². The van der Waals surface area contributed by atoms with Gasteiger partial charge in [0.1, 0.15) is 98.7 Å². The molecule has 2 heterocycles. The molecule has 11 N–H and O–H groups in total. The maximum Gasteiger partial charge on any atom is 0.472 e. The second kappa shape index (κ2) is 54.1. The Morgan fingerprint density at radius 3 is 1.13 bits per heavy atom. The molecule has 3 rings (SSSR count). The number of carbonyl (C=O) groups excluding carboxylic acids is 3. The first kappa shape index (κ1) is 88.7. The Labute approximate surface area is 579 Å². The number of rotatable bonds is 58. The number of allylic oxidation sites excluding steroid dienone is 4. The van der Waals surface area contributed by atoms with Crippen LogP contribution in [0.4, 0.5) is 0 Å². The van der Waals surface area contributed by atoms with Crippen LogP contribution in [0.3, 0.4) is 0 Å². The second-order valence-electron chi connectivity index (χ2n) is 27.0. The molecule has 1 saturated carbocycles. The van der Waals surface area contributed by atoms with E-state index in [-0.39, 0.29) is 19.3 Å². The van der Waals surface area contributed by atoms with Crippen LogP contribution >= 0.6 is 7.82 Å². The zero-order valence-electron chi connectivity index (χ0n) is 59.1. The van der Waals surface area contributed by atoms with Gasteiger partial charge < -0.3 is 89.1 Å². The molecule has 25 heteroatoms.